The summed E-state index contributed by atoms with van der Waals surface area (Å²) in [6.45, 7) is 3.80. The lowest BCUT2D eigenvalue weighted by Gasteiger charge is -2.17. The maximum atomic E-state index is 11.9. The van der Waals surface area contributed by atoms with Gasteiger partial charge in [-0.05, 0) is 65.2 Å². The van der Waals surface area contributed by atoms with E-state index in [0.29, 0.717) is 27.8 Å². The normalized spacial score (nSPS) is 11.9. The van der Waals surface area contributed by atoms with Crippen molar-refractivity contribution in [3.05, 3.63) is 49.9 Å². The molecule has 0 bridgehead atoms. The summed E-state index contributed by atoms with van der Waals surface area (Å²) in [7, 11) is 1.54. The van der Waals surface area contributed by atoms with E-state index in [1.165, 1.54) is 13.3 Å². The van der Waals surface area contributed by atoms with Crippen LogP contribution in [0.3, 0.4) is 0 Å². The van der Waals surface area contributed by atoms with Crippen LogP contribution in [0.2, 0.25) is 5.02 Å². The fourth-order valence-electron chi connectivity index (χ4n) is 2.16. The van der Waals surface area contributed by atoms with Gasteiger partial charge in [-0.25, -0.2) is 5.43 Å². The third kappa shape index (κ3) is 7.21. The Morgan fingerprint density at radius 1 is 1.28 bits per heavy atom. The maximum absolute atomic E-state index is 11.9. The summed E-state index contributed by atoms with van der Waals surface area (Å²) in [4.78, 5) is 11.9. The average molecular weight is 549 g/mol. The Balaban J connectivity index is 1.96. The molecule has 0 spiro atoms. The van der Waals surface area contributed by atoms with Crippen molar-refractivity contribution in [2.24, 2.45) is 5.10 Å². The van der Waals surface area contributed by atoms with Gasteiger partial charge in [0.05, 0.1) is 28.9 Å². The van der Waals surface area contributed by atoms with Crippen molar-refractivity contribution >= 4 is 55.6 Å². The van der Waals surface area contributed by atoms with E-state index in [-0.39, 0.29) is 12.7 Å². The second-order valence-electron chi connectivity index (χ2n) is 6.03. The van der Waals surface area contributed by atoms with Gasteiger partial charge in [-0.3, -0.25) is 4.79 Å². The SMILES string of the molecule is CC[C@H](C)Oc1c(Cl)cc(/C=N/NC(=O)COc2ccc(Br)cc2Br)cc1OC. The lowest BCUT2D eigenvalue weighted by Crippen LogP contribution is -2.24. The van der Waals surface area contributed by atoms with Crippen molar-refractivity contribution in [1.29, 1.82) is 0 Å². The molecule has 1 amide bonds. The fourth-order valence-corrected chi connectivity index (χ4v) is 3.59. The smallest absolute Gasteiger partial charge is 0.277 e. The Kier molecular flexibility index (Phi) is 9.26. The van der Waals surface area contributed by atoms with Crippen molar-refractivity contribution in [3.63, 3.8) is 0 Å². The zero-order chi connectivity index (χ0) is 21.4. The van der Waals surface area contributed by atoms with Crippen LogP contribution in [0.4, 0.5) is 0 Å². The summed E-state index contributed by atoms with van der Waals surface area (Å²) < 4.78 is 18.3. The summed E-state index contributed by atoms with van der Waals surface area (Å²) in [6.07, 6.45) is 2.31. The quantitative estimate of drug-likeness (QED) is 0.328. The number of methoxy groups -OCH3 is 1. The number of hydrogen-bond acceptors (Lipinski definition) is 5. The molecular weight excluding hydrogens is 527 g/mol. The van der Waals surface area contributed by atoms with Gasteiger partial charge in [0, 0.05) is 4.47 Å². The number of benzene rings is 2. The number of ether oxygens (including phenoxy) is 3. The number of amides is 1. The van der Waals surface area contributed by atoms with E-state index in [2.05, 4.69) is 42.4 Å². The second kappa shape index (κ2) is 11.4. The highest BCUT2D eigenvalue weighted by Gasteiger charge is 2.14. The molecule has 0 aliphatic rings. The molecule has 0 radical (unpaired) electrons. The van der Waals surface area contributed by atoms with Crippen molar-refractivity contribution in [3.8, 4) is 17.2 Å². The summed E-state index contributed by atoms with van der Waals surface area (Å²) >= 11 is 13.0. The third-order valence-electron chi connectivity index (χ3n) is 3.80. The standard InChI is InChI=1S/C20H21Br2ClN2O4/c1-4-12(2)29-20-16(23)7-13(8-18(20)27-3)10-24-25-19(26)11-28-17-6-5-14(21)9-15(17)22/h5-10,12H,4,11H2,1-3H3,(H,25,26)/b24-10+/t12-/m0/s1. The van der Waals surface area contributed by atoms with Crippen molar-refractivity contribution < 1.29 is 19.0 Å². The highest BCUT2D eigenvalue weighted by Crippen LogP contribution is 2.37. The zero-order valence-electron chi connectivity index (χ0n) is 16.2. The number of halogens is 3. The maximum Gasteiger partial charge on any atom is 0.277 e. The molecule has 6 nitrogen and oxygen atoms in total. The molecule has 0 aliphatic heterocycles. The van der Waals surface area contributed by atoms with Crippen LogP contribution in [0.5, 0.6) is 17.2 Å². The largest absolute Gasteiger partial charge is 0.493 e. The first-order valence-electron chi connectivity index (χ1n) is 8.78. The van der Waals surface area contributed by atoms with Crippen molar-refractivity contribution in [1.82, 2.24) is 5.43 Å². The van der Waals surface area contributed by atoms with Gasteiger partial charge in [-0.2, -0.15) is 5.10 Å². The number of hydrogen-bond donors (Lipinski definition) is 1. The van der Waals surface area contributed by atoms with Gasteiger partial charge in [-0.1, -0.05) is 34.5 Å². The van der Waals surface area contributed by atoms with Crippen LogP contribution in [0.15, 0.2) is 44.4 Å². The first kappa shape index (κ1) is 23.5. The van der Waals surface area contributed by atoms with E-state index in [0.717, 1.165) is 15.4 Å². The van der Waals surface area contributed by atoms with Crippen LogP contribution in [0.25, 0.3) is 0 Å². The second-order valence-corrected chi connectivity index (χ2v) is 8.20. The van der Waals surface area contributed by atoms with E-state index in [9.17, 15) is 4.79 Å². The van der Waals surface area contributed by atoms with Crippen LogP contribution >= 0.6 is 43.5 Å². The number of carbonyl (C=O) groups excluding carboxylic acids is 1. The van der Waals surface area contributed by atoms with Gasteiger partial charge >= 0.3 is 0 Å². The van der Waals surface area contributed by atoms with Gasteiger partial charge in [0.1, 0.15) is 5.75 Å². The first-order chi connectivity index (χ1) is 13.8. The lowest BCUT2D eigenvalue weighted by atomic mass is 10.2. The monoisotopic (exact) mass is 546 g/mol. The Morgan fingerprint density at radius 3 is 2.69 bits per heavy atom. The lowest BCUT2D eigenvalue weighted by molar-refractivity contribution is -0.123. The van der Waals surface area contributed by atoms with Crippen molar-refractivity contribution in [2.75, 3.05) is 13.7 Å². The molecule has 2 aromatic carbocycles. The van der Waals surface area contributed by atoms with Crippen LogP contribution in [0.1, 0.15) is 25.8 Å². The molecule has 2 aromatic rings. The van der Waals surface area contributed by atoms with Crippen molar-refractivity contribution in [2.45, 2.75) is 26.4 Å². The number of nitrogens with one attached hydrogen (secondary N) is 1. The number of rotatable bonds is 9. The summed E-state index contributed by atoms with van der Waals surface area (Å²) in [5, 5.41) is 4.34. The molecule has 2 rings (SSSR count). The molecule has 0 aromatic heterocycles. The minimum Gasteiger partial charge on any atom is -0.493 e. The molecule has 156 valence electrons. The first-order valence-corrected chi connectivity index (χ1v) is 10.7. The minimum atomic E-state index is -0.397. The highest BCUT2D eigenvalue weighted by molar-refractivity contribution is 9.11. The number of nitrogens with zero attached hydrogens (tertiary/aromatic N) is 1. The topological polar surface area (TPSA) is 69.2 Å². The molecule has 0 saturated carbocycles. The van der Waals surface area contributed by atoms with E-state index in [1.807, 2.05) is 26.0 Å². The Hall–Kier alpha value is -1.77. The fraction of sp³-hybridized carbons (Fsp3) is 0.300. The third-order valence-corrected chi connectivity index (χ3v) is 5.19. The predicted octanol–water partition coefficient (Wildman–Crippen LogP) is 5.58. The molecule has 1 N–H and O–H groups in total. The zero-order valence-corrected chi connectivity index (χ0v) is 20.1. The molecule has 9 heteroatoms. The molecule has 0 saturated heterocycles. The molecule has 1 atom stereocenters. The van der Waals surface area contributed by atoms with Gasteiger partial charge in [0.2, 0.25) is 0 Å². The molecule has 0 heterocycles. The average Bonchev–Trinajstić information content (AvgIpc) is 2.68. The van der Waals surface area contributed by atoms with E-state index in [1.54, 1.807) is 18.2 Å². The molecule has 0 unspecified atom stereocenters. The van der Waals surface area contributed by atoms with Gasteiger partial charge in [-0.15, -0.1) is 0 Å². The molecular formula is C20H21Br2ClN2O4. The summed E-state index contributed by atoms with van der Waals surface area (Å²) in [6, 6.07) is 8.82. The van der Waals surface area contributed by atoms with Crippen LogP contribution in [-0.4, -0.2) is 31.9 Å². The predicted molar refractivity (Wildman–Crippen MR) is 121 cm³/mol. The molecule has 0 fully saturated rings. The number of hydrazone groups is 1. The molecule has 29 heavy (non-hydrogen) atoms. The summed E-state index contributed by atoms with van der Waals surface area (Å²) in [5.74, 6) is 1.14. The van der Waals surface area contributed by atoms with E-state index >= 15 is 0 Å². The number of carbonyl (C=O) groups is 1. The van der Waals surface area contributed by atoms with Gasteiger partial charge in [0.25, 0.3) is 5.91 Å². The van der Waals surface area contributed by atoms with Gasteiger partial charge < -0.3 is 14.2 Å². The summed E-state index contributed by atoms with van der Waals surface area (Å²) in [5.41, 5.74) is 3.06. The highest BCUT2D eigenvalue weighted by atomic mass is 79.9. The Bertz CT molecular complexity index is 893. The van der Waals surface area contributed by atoms with Crippen LogP contribution in [-0.2, 0) is 4.79 Å². The molecule has 0 aliphatic carbocycles. The van der Waals surface area contributed by atoms with E-state index < -0.39 is 5.91 Å². The van der Waals surface area contributed by atoms with Crippen LogP contribution in [0, 0.1) is 0 Å². The Morgan fingerprint density at radius 2 is 2.03 bits per heavy atom. The van der Waals surface area contributed by atoms with E-state index in [4.69, 9.17) is 25.8 Å². The minimum absolute atomic E-state index is 0.00553. The van der Waals surface area contributed by atoms with Crippen LogP contribution < -0.4 is 19.6 Å². The Labute approximate surface area is 191 Å². The van der Waals surface area contributed by atoms with Gasteiger partial charge in [0.15, 0.2) is 18.1 Å².